The standard InChI is InChI=1S/C8H12N2O3/c9-3-5(10)8-6(12)1-4(11)2-7(8)13/h1-2,5,11-13H,3,9-10H2/t5-/m0/s1. The van der Waals surface area contributed by atoms with Gasteiger partial charge in [0, 0.05) is 24.7 Å². The molecule has 0 unspecified atom stereocenters. The topological polar surface area (TPSA) is 113 Å². The van der Waals surface area contributed by atoms with Crippen LogP contribution in [0.2, 0.25) is 0 Å². The van der Waals surface area contributed by atoms with E-state index in [0.717, 1.165) is 12.1 Å². The van der Waals surface area contributed by atoms with E-state index in [9.17, 15) is 10.2 Å². The summed E-state index contributed by atoms with van der Waals surface area (Å²) < 4.78 is 0. The number of phenols is 3. The summed E-state index contributed by atoms with van der Waals surface area (Å²) in [6.07, 6.45) is 0. The maximum atomic E-state index is 9.32. The van der Waals surface area contributed by atoms with Crippen molar-refractivity contribution in [2.24, 2.45) is 11.5 Å². The van der Waals surface area contributed by atoms with Gasteiger partial charge in [-0.3, -0.25) is 0 Å². The molecule has 0 saturated carbocycles. The molecule has 0 radical (unpaired) electrons. The normalized spacial score (nSPS) is 12.8. The van der Waals surface area contributed by atoms with Crippen molar-refractivity contribution in [3.63, 3.8) is 0 Å². The highest BCUT2D eigenvalue weighted by molar-refractivity contribution is 5.50. The van der Waals surface area contributed by atoms with Gasteiger partial charge < -0.3 is 26.8 Å². The molecule has 0 saturated heterocycles. The summed E-state index contributed by atoms with van der Waals surface area (Å²) in [4.78, 5) is 0. The van der Waals surface area contributed by atoms with Crippen molar-refractivity contribution in [1.82, 2.24) is 0 Å². The molecule has 13 heavy (non-hydrogen) atoms. The first-order chi connectivity index (χ1) is 6.06. The monoisotopic (exact) mass is 184 g/mol. The summed E-state index contributed by atoms with van der Waals surface area (Å²) in [6, 6.07) is 1.57. The number of nitrogens with two attached hydrogens (primary N) is 2. The van der Waals surface area contributed by atoms with Crippen LogP contribution in [0.4, 0.5) is 0 Å². The molecule has 0 aliphatic rings. The second kappa shape index (κ2) is 3.51. The van der Waals surface area contributed by atoms with Crippen molar-refractivity contribution < 1.29 is 15.3 Å². The van der Waals surface area contributed by atoms with E-state index in [4.69, 9.17) is 16.6 Å². The van der Waals surface area contributed by atoms with Crippen LogP contribution in [0.25, 0.3) is 0 Å². The fourth-order valence-electron chi connectivity index (χ4n) is 1.11. The number of hydrogen-bond acceptors (Lipinski definition) is 5. The van der Waals surface area contributed by atoms with Crippen molar-refractivity contribution in [1.29, 1.82) is 0 Å². The van der Waals surface area contributed by atoms with Crippen LogP contribution >= 0.6 is 0 Å². The van der Waals surface area contributed by atoms with E-state index in [2.05, 4.69) is 0 Å². The molecule has 0 heterocycles. The van der Waals surface area contributed by atoms with Gasteiger partial charge in [-0.1, -0.05) is 0 Å². The predicted octanol–water partition coefficient (Wildman–Crippen LogP) is -0.238. The lowest BCUT2D eigenvalue weighted by Gasteiger charge is -2.13. The van der Waals surface area contributed by atoms with Crippen LogP contribution in [-0.4, -0.2) is 21.9 Å². The first-order valence-electron chi connectivity index (χ1n) is 3.76. The van der Waals surface area contributed by atoms with Crippen molar-refractivity contribution in [3.8, 4) is 17.2 Å². The average Bonchev–Trinajstić information content (AvgIpc) is 2.02. The molecule has 1 rings (SSSR count). The molecule has 0 bridgehead atoms. The van der Waals surface area contributed by atoms with E-state index in [-0.39, 0.29) is 29.4 Å². The molecule has 5 nitrogen and oxygen atoms in total. The van der Waals surface area contributed by atoms with E-state index in [1.54, 1.807) is 0 Å². The Bertz CT molecular complexity index is 291. The Morgan fingerprint density at radius 3 is 2.00 bits per heavy atom. The van der Waals surface area contributed by atoms with Crippen LogP contribution in [0.15, 0.2) is 12.1 Å². The summed E-state index contributed by atoms with van der Waals surface area (Å²) in [7, 11) is 0. The molecule has 0 aromatic heterocycles. The van der Waals surface area contributed by atoms with Gasteiger partial charge in [0.15, 0.2) is 0 Å². The fourth-order valence-corrected chi connectivity index (χ4v) is 1.11. The second-order valence-corrected chi connectivity index (χ2v) is 2.74. The lowest BCUT2D eigenvalue weighted by molar-refractivity contribution is 0.412. The zero-order chi connectivity index (χ0) is 10.0. The lowest BCUT2D eigenvalue weighted by atomic mass is 10.1. The minimum absolute atomic E-state index is 0.103. The van der Waals surface area contributed by atoms with Gasteiger partial charge in [-0.2, -0.15) is 0 Å². The number of phenolic OH excluding ortho intramolecular Hbond substituents is 3. The first kappa shape index (κ1) is 9.63. The molecule has 0 amide bonds. The highest BCUT2D eigenvalue weighted by atomic mass is 16.3. The minimum atomic E-state index is -0.638. The molecule has 72 valence electrons. The Labute approximate surface area is 75.2 Å². The van der Waals surface area contributed by atoms with E-state index in [1.807, 2.05) is 0 Å². The lowest BCUT2D eigenvalue weighted by Crippen LogP contribution is -2.20. The van der Waals surface area contributed by atoms with Gasteiger partial charge in [-0.05, 0) is 0 Å². The van der Waals surface area contributed by atoms with Crippen LogP contribution in [0.3, 0.4) is 0 Å². The van der Waals surface area contributed by atoms with Crippen molar-refractivity contribution in [2.75, 3.05) is 6.54 Å². The molecule has 1 aromatic rings. The summed E-state index contributed by atoms with van der Waals surface area (Å²) in [6.45, 7) is 0.103. The van der Waals surface area contributed by atoms with E-state index in [1.165, 1.54) is 0 Å². The van der Waals surface area contributed by atoms with E-state index >= 15 is 0 Å². The molecular formula is C8H12N2O3. The van der Waals surface area contributed by atoms with Crippen LogP contribution < -0.4 is 11.5 Å². The van der Waals surface area contributed by atoms with Gasteiger partial charge in [0.05, 0.1) is 5.56 Å². The highest BCUT2D eigenvalue weighted by Gasteiger charge is 2.15. The third kappa shape index (κ3) is 1.82. The zero-order valence-corrected chi connectivity index (χ0v) is 6.94. The van der Waals surface area contributed by atoms with Crippen molar-refractivity contribution in [2.45, 2.75) is 6.04 Å². The van der Waals surface area contributed by atoms with Gasteiger partial charge in [0.2, 0.25) is 0 Å². The number of benzene rings is 1. The Morgan fingerprint density at radius 1 is 1.15 bits per heavy atom. The van der Waals surface area contributed by atoms with Gasteiger partial charge in [0.25, 0.3) is 0 Å². The first-order valence-corrected chi connectivity index (χ1v) is 3.76. The molecule has 0 aliphatic carbocycles. The van der Waals surface area contributed by atoms with Gasteiger partial charge in [-0.25, -0.2) is 0 Å². The van der Waals surface area contributed by atoms with Crippen LogP contribution in [0.1, 0.15) is 11.6 Å². The van der Waals surface area contributed by atoms with Crippen molar-refractivity contribution in [3.05, 3.63) is 17.7 Å². The van der Waals surface area contributed by atoms with Gasteiger partial charge in [0.1, 0.15) is 17.2 Å². The van der Waals surface area contributed by atoms with E-state index < -0.39 is 6.04 Å². The van der Waals surface area contributed by atoms with Gasteiger partial charge in [-0.15, -0.1) is 0 Å². The van der Waals surface area contributed by atoms with E-state index in [0.29, 0.717) is 0 Å². The zero-order valence-electron chi connectivity index (χ0n) is 6.94. The number of aromatic hydroxyl groups is 3. The fraction of sp³-hybridized carbons (Fsp3) is 0.250. The second-order valence-electron chi connectivity index (χ2n) is 2.74. The van der Waals surface area contributed by atoms with Crippen LogP contribution in [-0.2, 0) is 0 Å². The summed E-state index contributed by atoms with van der Waals surface area (Å²) in [5.41, 5.74) is 10.9. The molecule has 1 aromatic carbocycles. The smallest absolute Gasteiger partial charge is 0.127 e. The maximum Gasteiger partial charge on any atom is 0.127 e. The largest absolute Gasteiger partial charge is 0.508 e. The number of rotatable bonds is 2. The number of hydrogen-bond donors (Lipinski definition) is 5. The Balaban J connectivity index is 3.20. The molecular weight excluding hydrogens is 172 g/mol. The molecule has 0 fully saturated rings. The van der Waals surface area contributed by atoms with Crippen LogP contribution in [0, 0.1) is 0 Å². The summed E-state index contributed by atoms with van der Waals surface area (Å²) >= 11 is 0. The molecule has 0 spiro atoms. The Morgan fingerprint density at radius 2 is 1.62 bits per heavy atom. The molecule has 0 aliphatic heterocycles. The molecule has 7 N–H and O–H groups in total. The summed E-state index contributed by atoms with van der Waals surface area (Å²) in [5.74, 6) is -0.728. The van der Waals surface area contributed by atoms with Gasteiger partial charge >= 0.3 is 0 Å². The minimum Gasteiger partial charge on any atom is -0.508 e. The average molecular weight is 184 g/mol. The Hall–Kier alpha value is -1.46. The molecule has 1 atom stereocenters. The molecule has 5 heteroatoms. The quantitative estimate of drug-likeness (QED) is 0.435. The van der Waals surface area contributed by atoms with Crippen molar-refractivity contribution >= 4 is 0 Å². The third-order valence-corrected chi connectivity index (χ3v) is 1.75. The summed E-state index contributed by atoms with van der Waals surface area (Å²) in [5, 5.41) is 27.6. The SMILES string of the molecule is NC[C@H](N)c1c(O)cc(O)cc1O. The third-order valence-electron chi connectivity index (χ3n) is 1.75. The maximum absolute atomic E-state index is 9.32. The predicted molar refractivity (Wildman–Crippen MR) is 47.4 cm³/mol. The Kier molecular flexibility index (Phi) is 2.60. The highest BCUT2D eigenvalue weighted by Crippen LogP contribution is 2.34. The van der Waals surface area contributed by atoms with Crippen LogP contribution in [0.5, 0.6) is 17.2 Å².